The van der Waals surface area contributed by atoms with Crippen LogP contribution in [0.25, 0.3) is 0 Å². The first-order chi connectivity index (χ1) is 8.56. The second kappa shape index (κ2) is 5.45. The predicted molar refractivity (Wildman–Crippen MR) is 79.4 cm³/mol. The molecular formula is C16H18ClN. The van der Waals surface area contributed by atoms with Crippen LogP contribution in [-0.4, -0.2) is 0 Å². The van der Waals surface area contributed by atoms with Crippen LogP contribution < -0.4 is 5.32 Å². The lowest BCUT2D eigenvalue weighted by atomic mass is 10.00. The smallest absolute Gasteiger partial charge is 0.0488 e. The molecule has 0 aromatic heterocycles. The minimum absolute atomic E-state index is 0.268. The highest BCUT2D eigenvalue weighted by atomic mass is 35.5. The van der Waals surface area contributed by atoms with Crippen LogP contribution in [0, 0.1) is 13.8 Å². The van der Waals surface area contributed by atoms with Gasteiger partial charge in [-0.05, 0) is 50.1 Å². The van der Waals surface area contributed by atoms with Gasteiger partial charge in [0.1, 0.15) is 0 Å². The van der Waals surface area contributed by atoms with E-state index < -0.39 is 0 Å². The van der Waals surface area contributed by atoms with Crippen LogP contribution in [0.2, 0.25) is 5.02 Å². The van der Waals surface area contributed by atoms with E-state index in [1.54, 1.807) is 0 Å². The Hall–Kier alpha value is -1.47. The number of aryl methyl sites for hydroxylation is 2. The van der Waals surface area contributed by atoms with Gasteiger partial charge in [-0.15, -0.1) is 0 Å². The highest BCUT2D eigenvalue weighted by Crippen LogP contribution is 2.24. The number of hydrogen-bond donors (Lipinski definition) is 1. The molecule has 0 fully saturated rings. The predicted octanol–water partition coefficient (Wildman–Crippen LogP) is 5.13. The zero-order valence-electron chi connectivity index (χ0n) is 11.0. The number of anilines is 1. The molecule has 94 valence electrons. The van der Waals surface area contributed by atoms with E-state index in [1.807, 2.05) is 24.3 Å². The molecule has 0 aliphatic carbocycles. The van der Waals surface area contributed by atoms with Crippen LogP contribution in [-0.2, 0) is 0 Å². The molecule has 2 rings (SSSR count). The average molecular weight is 260 g/mol. The summed E-state index contributed by atoms with van der Waals surface area (Å²) in [4.78, 5) is 0. The third-order valence-corrected chi connectivity index (χ3v) is 3.33. The molecule has 0 aliphatic heterocycles. The van der Waals surface area contributed by atoms with Gasteiger partial charge in [0.05, 0.1) is 0 Å². The first-order valence-corrected chi connectivity index (χ1v) is 6.53. The topological polar surface area (TPSA) is 12.0 Å². The monoisotopic (exact) mass is 259 g/mol. The summed E-state index contributed by atoms with van der Waals surface area (Å²) in [7, 11) is 0. The second-order valence-electron chi connectivity index (χ2n) is 4.74. The molecule has 18 heavy (non-hydrogen) atoms. The Labute approximate surface area is 114 Å². The fraction of sp³-hybridized carbons (Fsp3) is 0.250. The van der Waals surface area contributed by atoms with E-state index in [-0.39, 0.29) is 6.04 Å². The van der Waals surface area contributed by atoms with Crippen LogP contribution in [0.15, 0.2) is 42.5 Å². The van der Waals surface area contributed by atoms with Gasteiger partial charge in [-0.3, -0.25) is 0 Å². The molecule has 0 heterocycles. The van der Waals surface area contributed by atoms with Crippen LogP contribution in [0.5, 0.6) is 0 Å². The number of nitrogens with one attached hydrogen (secondary N) is 1. The molecule has 1 unspecified atom stereocenters. The molecule has 0 aliphatic rings. The number of benzene rings is 2. The van der Waals surface area contributed by atoms with Gasteiger partial charge in [0.25, 0.3) is 0 Å². The van der Waals surface area contributed by atoms with Gasteiger partial charge in [-0.2, -0.15) is 0 Å². The Morgan fingerprint density at radius 3 is 2.50 bits per heavy atom. The Balaban J connectivity index is 2.19. The highest BCUT2D eigenvalue weighted by Gasteiger charge is 2.08. The number of rotatable bonds is 3. The standard InChI is InChI=1S/C16H18ClN/c1-11-7-8-16(12(2)9-11)13(3)18-15-6-4-5-14(17)10-15/h4-10,13,18H,1-3H3. The van der Waals surface area contributed by atoms with Crippen molar-refractivity contribution in [1.82, 2.24) is 0 Å². The molecule has 1 atom stereocenters. The first kappa shape index (κ1) is 13.0. The Kier molecular flexibility index (Phi) is 3.93. The summed E-state index contributed by atoms with van der Waals surface area (Å²) in [6, 6.07) is 14.6. The van der Waals surface area contributed by atoms with Crippen LogP contribution in [0.4, 0.5) is 5.69 Å². The van der Waals surface area contributed by atoms with Gasteiger partial charge in [-0.1, -0.05) is 41.4 Å². The maximum Gasteiger partial charge on any atom is 0.0488 e. The van der Waals surface area contributed by atoms with Gasteiger partial charge >= 0.3 is 0 Å². The van der Waals surface area contributed by atoms with Crippen LogP contribution in [0.1, 0.15) is 29.7 Å². The average Bonchev–Trinajstić information content (AvgIpc) is 2.28. The van der Waals surface area contributed by atoms with Gasteiger partial charge in [0.15, 0.2) is 0 Å². The van der Waals surface area contributed by atoms with E-state index in [0.717, 1.165) is 10.7 Å². The summed E-state index contributed by atoms with van der Waals surface area (Å²) in [5.41, 5.74) is 4.98. The molecule has 2 heteroatoms. The fourth-order valence-electron chi connectivity index (χ4n) is 2.22. The Bertz CT molecular complexity index is 549. The zero-order valence-corrected chi connectivity index (χ0v) is 11.8. The molecule has 0 saturated carbocycles. The van der Waals surface area contributed by atoms with Crippen molar-refractivity contribution in [2.24, 2.45) is 0 Å². The molecule has 0 bridgehead atoms. The molecule has 0 spiro atoms. The molecule has 0 amide bonds. The van der Waals surface area contributed by atoms with E-state index in [1.165, 1.54) is 16.7 Å². The summed E-state index contributed by atoms with van der Waals surface area (Å²) in [6.07, 6.45) is 0. The first-order valence-electron chi connectivity index (χ1n) is 6.15. The van der Waals surface area contributed by atoms with E-state index in [2.05, 4.69) is 44.3 Å². The molecule has 2 aromatic carbocycles. The van der Waals surface area contributed by atoms with E-state index in [0.29, 0.717) is 0 Å². The van der Waals surface area contributed by atoms with Crippen LogP contribution in [0.3, 0.4) is 0 Å². The summed E-state index contributed by atoms with van der Waals surface area (Å²) in [5.74, 6) is 0. The second-order valence-corrected chi connectivity index (χ2v) is 5.17. The van der Waals surface area contributed by atoms with Crippen molar-refractivity contribution in [1.29, 1.82) is 0 Å². The fourth-order valence-corrected chi connectivity index (χ4v) is 2.41. The van der Waals surface area contributed by atoms with Crippen molar-refractivity contribution in [3.63, 3.8) is 0 Å². The Morgan fingerprint density at radius 2 is 1.83 bits per heavy atom. The van der Waals surface area contributed by atoms with Gasteiger partial charge < -0.3 is 5.32 Å². The van der Waals surface area contributed by atoms with E-state index in [9.17, 15) is 0 Å². The van der Waals surface area contributed by atoms with Crippen molar-refractivity contribution in [3.8, 4) is 0 Å². The normalized spacial score (nSPS) is 12.2. The summed E-state index contributed by atoms with van der Waals surface area (Å²) in [6.45, 7) is 6.43. The maximum atomic E-state index is 5.99. The van der Waals surface area contributed by atoms with Gasteiger partial charge in [0, 0.05) is 16.8 Å². The Morgan fingerprint density at radius 1 is 1.06 bits per heavy atom. The summed E-state index contributed by atoms with van der Waals surface area (Å²) >= 11 is 5.99. The molecule has 0 saturated heterocycles. The third kappa shape index (κ3) is 3.05. The highest BCUT2D eigenvalue weighted by molar-refractivity contribution is 6.30. The number of hydrogen-bond acceptors (Lipinski definition) is 1. The van der Waals surface area contributed by atoms with Crippen molar-refractivity contribution >= 4 is 17.3 Å². The van der Waals surface area contributed by atoms with Gasteiger partial charge in [-0.25, -0.2) is 0 Å². The zero-order chi connectivity index (χ0) is 13.1. The molecule has 0 radical (unpaired) electrons. The van der Waals surface area contributed by atoms with Crippen molar-refractivity contribution in [2.75, 3.05) is 5.32 Å². The lowest BCUT2D eigenvalue weighted by Gasteiger charge is -2.18. The quantitative estimate of drug-likeness (QED) is 0.806. The third-order valence-electron chi connectivity index (χ3n) is 3.10. The van der Waals surface area contributed by atoms with Crippen molar-refractivity contribution in [3.05, 3.63) is 64.2 Å². The van der Waals surface area contributed by atoms with E-state index in [4.69, 9.17) is 11.6 Å². The molecular weight excluding hydrogens is 242 g/mol. The lowest BCUT2D eigenvalue weighted by molar-refractivity contribution is 0.873. The minimum Gasteiger partial charge on any atom is -0.378 e. The summed E-state index contributed by atoms with van der Waals surface area (Å²) in [5, 5.41) is 4.23. The maximum absolute atomic E-state index is 5.99. The lowest BCUT2D eigenvalue weighted by Crippen LogP contribution is -2.08. The van der Waals surface area contributed by atoms with Crippen molar-refractivity contribution in [2.45, 2.75) is 26.8 Å². The van der Waals surface area contributed by atoms with Gasteiger partial charge in [0.2, 0.25) is 0 Å². The molecule has 1 nitrogen and oxygen atoms in total. The summed E-state index contributed by atoms with van der Waals surface area (Å²) < 4.78 is 0. The van der Waals surface area contributed by atoms with E-state index >= 15 is 0 Å². The minimum atomic E-state index is 0.268. The van der Waals surface area contributed by atoms with Crippen LogP contribution >= 0.6 is 11.6 Å². The number of halogens is 1. The van der Waals surface area contributed by atoms with Crippen molar-refractivity contribution < 1.29 is 0 Å². The molecule has 1 N–H and O–H groups in total. The largest absolute Gasteiger partial charge is 0.378 e. The SMILES string of the molecule is Cc1ccc(C(C)Nc2cccc(Cl)c2)c(C)c1. The molecule has 2 aromatic rings.